The molecule has 1 fully saturated rings. The molecule has 0 aromatic carbocycles. The Hall–Kier alpha value is -2.15. The van der Waals surface area contributed by atoms with Crippen LogP contribution in [0.4, 0.5) is 0 Å². The first-order chi connectivity index (χ1) is 17.2. The number of nitrogens with zero attached hydrogens (tertiary/aromatic N) is 4. The molecule has 0 aliphatic carbocycles. The van der Waals surface area contributed by atoms with Gasteiger partial charge >= 0.3 is 13.5 Å². The van der Waals surface area contributed by atoms with Crippen LogP contribution in [-0.4, -0.2) is 58.3 Å². The monoisotopic (exact) mass is 529 g/mol. The van der Waals surface area contributed by atoms with Crippen LogP contribution in [0.15, 0.2) is 22.0 Å². The topological polar surface area (TPSA) is 182 Å². The second-order valence-corrected chi connectivity index (χ2v) is 10.4. The van der Waals surface area contributed by atoms with Crippen molar-refractivity contribution in [3.63, 3.8) is 0 Å². The van der Waals surface area contributed by atoms with E-state index in [0.29, 0.717) is 0 Å². The molecular formula is C22H36N5O8P. The van der Waals surface area contributed by atoms with Gasteiger partial charge in [-0.25, -0.2) is 14.0 Å². The van der Waals surface area contributed by atoms with Crippen molar-refractivity contribution in [3.8, 4) is 0 Å². The molecule has 3 heterocycles. The van der Waals surface area contributed by atoms with Crippen LogP contribution < -0.4 is 11.2 Å². The van der Waals surface area contributed by atoms with Crippen LogP contribution in [-0.2, 0) is 26.8 Å². The van der Waals surface area contributed by atoms with Crippen molar-refractivity contribution in [1.29, 1.82) is 0 Å². The third-order valence-electron chi connectivity index (χ3n) is 6.17. The summed E-state index contributed by atoms with van der Waals surface area (Å²) >= 11 is 0. The molecule has 4 N–H and O–H groups in total. The lowest BCUT2D eigenvalue weighted by atomic mass is 10.1. The van der Waals surface area contributed by atoms with Gasteiger partial charge in [-0.3, -0.25) is 18.9 Å². The molecule has 36 heavy (non-hydrogen) atoms. The summed E-state index contributed by atoms with van der Waals surface area (Å²) in [6.07, 6.45) is 10.6. The fourth-order valence-electron chi connectivity index (χ4n) is 4.20. The van der Waals surface area contributed by atoms with Crippen LogP contribution in [0.25, 0.3) is 0 Å². The van der Waals surface area contributed by atoms with Gasteiger partial charge in [0.2, 0.25) is 0 Å². The lowest BCUT2D eigenvalue weighted by Gasteiger charge is -2.17. The van der Waals surface area contributed by atoms with Gasteiger partial charge in [0.25, 0.3) is 5.56 Å². The van der Waals surface area contributed by atoms with Crippen LogP contribution >= 0.6 is 7.82 Å². The zero-order chi connectivity index (χ0) is 26.1. The Morgan fingerprint density at radius 2 is 1.83 bits per heavy atom. The first-order valence-corrected chi connectivity index (χ1v) is 14.0. The smallest absolute Gasteiger partial charge is 0.390 e. The van der Waals surface area contributed by atoms with Crippen LogP contribution in [0, 0.1) is 0 Å². The summed E-state index contributed by atoms with van der Waals surface area (Å²) in [6, 6.07) is 0. The number of aliphatic hydroxyl groups is 1. The van der Waals surface area contributed by atoms with Crippen LogP contribution in [0.2, 0.25) is 0 Å². The third kappa shape index (κ3) is 8.75. The Morgan fingerprint density at radius 1 is 1.14 bits per heavy atom. The second kappa shape index (κ2) is 13.4. The first kappa shape index (κ1) is 28.4. The Morgan fingerprint density at radius 3 is 2.53 bits per heavy atom. The van der Waals surface area contributed by atoms with Crippen molar-refractivity contribution in [2.24, 2.45) is 0 Å². The Bertz CT molecular complexity index is 1130. The van der Waals surface area contributed by atoms with E-state index in [1.165, 1.54) is 49.4 Å². The number of phosphoric ester groups is 1. The van der Waals surface area contributed by atoms with E-state index in [-0.39, 0.29) is 18.5 Å². The average Bonchev–Trinajstić information content (AvgIpc) is 3.41. The van der Waals surface area contributed by atoms with E-state index in [1.54, 1.807) is 6.20 Å². The number of ether oxygens (including phenoxy) is 1. The number of aliphatic hydroxyl groups excluding tert-OH is 1. The highest BCUT2D eigenvalue weighted by Crippen LogP contribution is 2.38. The molecule has 2 aromatic rings. The number of aromatic amines is 1. The molecule has 202 valence electrons. The summed E-state index contributed by atoms with van der Waals surface area (Å²) in [7, 11) is -4.74. The van der Waals surface area contributed by atoms with Gasteiger partial charge in [0.1, 0.15) is 12.3 Å². The number of H-pyrrole nitrogens is 1. The maximum absolute atomic E-state index is 12.4. The fraction of sp³-hybridized carbons (Fsp3) is 0.727. The molecular weight excluding hydrogens is 493 g/mol. The highest BCUT2D eigenvalue weighted by Gasteiger charge is 2.37. The molecule has 0 spiro atoms. The molecule has 0 amide bonds. The number of hydrogen-bond acceptors (Lipinski definition) is 8. The second-order valence-electron chi connectivity index (χ2n) is 9.17. The van der Waals surface area contributed by atoms with Gasteiger partial charge in [-0.1, -0.05) is 57.1 Å². The summed E-state index contributed by atoms with van der Waals surface area (Å²) in [4.78, 5) is 44.7. The predicted octanol–water partition coefficient (Wildman–Crippen LogP) is 1.62. The molecule has 14 heteroatoms. The van der Waals surface area contributed by atoms with Crippen molar-refractivity contribution < 1.29 is 28.7 Å². The van der Waals surface area contributed by atoms with Crippen LogP contribution in [0.1, 0.15) is 82.2 Å². The van der Waals surface area contributed by atoms with Gasteiger partial charge in [0.05, 0.1) is 30.5 Å². The van der Waals surface area contributed by atoms with Gasteiger partial charge in [0.15, 0.2) is 0 Å². The zero-order valence-electron chi connectivity index (χ0n) is 20.5. The first-order valence-electron chi connectivity index (χ1n) is 12.4. The lowest BCUT2D eigenvalue weighted by Crippen LogP contribution is -2.35. The average molecular weight is 530 g/mol. The number of nitrogens with one attached hydrogen (secondary N) is 1. The van der Waals surface area contributed by atoms with E-state index >= 15 is 0 Å². The molecule has 3 atom stereocenters. The van der Waals surface area contributed by atoms with E-state index in [0.717, 1.165) is 29.5 Å². The predicted molar refractivity (Wildman–Crippen MR) is 129 cm³/mol. The van der Waals surface area contributed by atoms with Gasteiger partial charge < -0.3 is 19.6 Å². The minimum Gasteiger partial charge on any atom is -0.390 e. The molecule has 0 radical (unpaired) electrons. The zero-order valence-corrected chi connectivity index (χ0v) is 21.4. The number of aryl methyl sites for hydroxylation is 1. The number of phosphoric acid groups is 1. The molecule has 2 aromatic heterocycles. The van der Waals surface area contributed by atoms with Gasteiger partial charge in [-0.2, -0.15) is 0 Å². The molecule has 0 unspecified atom stereocenters. The van der Waals surface area contributed by atoms with Crippen molar-refractivity contribution in [3.05, 3.63) is 44.5 Å². The normalized spacial score (nSPS) is 20.3. The van der Waals surface area contributed by atoms with Crippen molar-refractivity contribution >= 4 is 7.82 Å². The van der Waals surface area contributed by atoms with Crippen LogP contribution in [0.5, 0.6) is 0 Å². The van der Waals surface area contributed by atoms with E-state index in [2.05, 4.69) is 26.7 Å². The molecule has 1 aliphatic rings. The summed E-state index contributed by atoms with van der Waals surface area (Å²) in [5.74, 6) is 0. The third-order valence-corrected chi connectivity index (χ3v) is 6.65. The van der Waals surface area contributed by atoms with Crippen molar-refractivity contribution in [1.82, 2.24) is 24.5 Å². The minimum atomic E-state index is -4.74. The van der Waals surface area contributed by atoms with Gasteiger partial charge in [0, 0.05) is 18.8 Å². The molecule has 1 saturated heterocycles. The largest absolute Gasteiger partial charge is 0.469 e. The molecule has 13 nitrogen and oxygen atoms in total. The van der Waals surface area contributed by atoms with Gasteiger partial charge in [-0.15, -0.1) is 5.10 Å². The number of rotatable bonds is 15. The molecule has 0 bridgehead atoms. The number of aromatic nitrogens is 5. The standard InChI is InChI=1S/C22H36N5O8P/c1-2-3-4-5-6-7-8-9-10-17-14-26(25-24-17)12-16-13-27(22(30)23-21(16)29)20-11-18(28)19(35-20)15-34-36(31,32)33/h13-14,18-20,28H,2-12,15H2,1H3,(H,23,29,30)(H2,31,32,33)/t18-,19+,20+/m0/s1. The lowest BCUT2D eigenvalue weighted by molar-refractivity contribution is -0.0451. The summed E-state index contributed by atoms with van der Waals surface area (Å²) in [6.45, 7) is 1.74. The van der Waals surface area contributed by atoms with Gasteiger partial charge in [-0.05, 0) is 12.8 Å². The fourth-order valence-corrected chi connectivity index (χ4v) is 4.55. The van der Waals surface area contributed by atoms with Crippen LogP contribution in [0.3, 0.4) is 0 Å². The molecule has 0 saturated carbocycles. The molecule has 3 rings (SSSR count). The highest BCUT2D eigenvalue weighted by molar-refractivity contribution is 7.46. The van der Waals surface area contributed by atoms with E-state index < -0.39 is 44.1 Å². The maximum atomic E-state index is 12.4. The van der Waals surface area contributed by atoms with E-state index in [9.17, 15) is 19.3 Å². The van der Waals surface area contributed by atoms with Crippen molar-refractivity contribution in [2.45, 2.75) is 96.1 Å². The number of hydrogen-bond donors (Lipinski definition) is 4. The minimum absolute atomic E-state index is 0.0212. The summed E-state index contributed by atoms with van der Waals surface area (Å²) < 4.78 is 23.5. The quantitative estimate of drug-likeness (QED) is 0.195. The Balaban J connectivity index is 1.55. The number of unbranched alkanes of at least 4 members (excludes halogenated alkanes) is 7. The highest BCUT2D eigenvalue weighted by atomic mass is 31.2. The maximum Gasteiger partial charge on any atom is 0.469 e. The summed E-state index contributed by atoms with van der Waals surface area (Å²) in [5, 5.41) is 18.4. The SMILES string of the molecule is CCCCCCCCCCc1cn(Cc2cn([C@H]3C[C@H](O)[C@@H](COP(=O)(O)O)O3)c(=O)[nH]c2=O)nn1. The Kier molecular flexibility index (Phi) is 10.6. The van der Waals surface area contributed by atoms with E-state index in [4.69, 9.17) is 14.5 Å². The Labute approximate surface area is 208 Å². The summed E-state index contributed by atoms with van der Waals surface area (Å²) in [5.41, 5.74) is -0.227. The van der Waals surface area contributed by atoms with Crippen molar-refractivity contribution in [2.75, 3.05) is 6.61 Å². The van der Waals surface area contributed by atoms with E-state index in [1.807, 2.05) is 0 Å². The molecule has 1 aliphatic heterocycles.